The molecule has 2 aromatic rings. The third kappa shape index (κ3) is 5.05. The van der Waals surface area contributed by atoms with Crippen LogP contribution in [0, 0.1) is 11.3 Å². The summed E-state index contributed by atoms with van der Waals surface area (Å²) in [4.78, 5) is 23.8. The van der Waals surface area contributed by atoms with Gasteiger partial charge in [-0.2, -0.15) is 5.26 Å². The van der Waals surface area contributed by atoms with Gasteiger partial charge in [-0.05, 0) is 54.3 Å². The summed E-state index contributed by atoms with van der Waals surface area (Å²) in [6, 6.07) is 16.6. The molecule has 0 bridgehead atoms. The Morgan fingerprint density at radius 1 is 1.15 bits per heavy atom. The topological polar surface area (TPSA) is 82.0 Å². The molecule has 0 spiro atoms. The molecule has 1 aliphatic carbocycles. The molecule has 5 heteroatoms. The van der Waals surface area contributed by atoms with Crippen LogP contribution in [-0.2, 0) is 11.3 Å². The summed E-state index contributed by atoms with van der Waals surface area (Å²) < 4.78 is 0. The number of hydrogen-bond acceptors (Lipinski definition) is 3. The van der Waals surface area contributed by atoms with E-state index in [0.717, 1.165) is 24.0 Å². The van der Waals surface area contributed by atoms with Gasteiger partial charge in [0.15, 0.2) is 0 Å². The first kappa shape index (κ1) is 17.4. The van der Waals surface area contributed by atoms with E-state index in [0.29, 0.717) is 23.7 Å². The van der Waals surface area contributed by atoms with E-state index in [-0.39, 0.29) is 11.8 Å². The standard InChI is InChI=1S/C21H19N3O2/c22-13-16-2-1-3-17(12-16)14-23-20(25)11-6-15-4-7-18(8-5-15)21(26)24-19-9-10-19/h1-8,11-12,19H,9-10,14H2,(H,23,25)(H,24,26)/b11-6+. The SMILES string of the molecule is N#Cc1cccc(CNC(=O)/C=C/c2ccc(C(=O)NC3CC3)cc2)c1. The predicted octanol–water partition coefficient (Wildman–Crippen LogP) is 2.78. The summed E-state index contributed by atoms with van der Waals surface area (Å²) in [6.07, 6.45) is 5.27. The molecule has 3 rings (SSSR count). The fourth-order valence-electron chi connectivity index (χ4n) is 2.41. The average Bonchev–Trinajstić information content (AvgIpc) is 3.49. The number of rotatable bonds is 6. The van der Waals surface area contributed by atoms with Gasteiger partial charge in [-0.3, -0.25) is 9.59 Å². The maximum atomic E-state index is 11.9. The molecule has 1 saturated carbocycles. The van der Waals surface area contributed by atoms with E-state index < -0.39 is 0 Å². The van der Waals surface area contributed by atoms with E-state index in [1.54, 1.807) is 36.4 Å². The van der Waals surface area contributed by atoms with Crippen molar-refractivity contribution in [1.82, 2.24) is 10.6 Å². The van der Waals surface area contributed by atoms with Gasteiger partial charge >= 0.3 is 0 Å². The number of amides is 2. The van der Waals surface area contributed by atoms with E-state index in [1.165, 1.54) is 6.08 Å². The number of nitriles is 1. The Labute approximate surface area is 152 Å². The molecule has 0 unspecified atom stereocenters. The summed E-state index contributed by atoms with van der Waals surface area (Å²) in [7, 11) is 0. The lowest BCUT2D eigenvalue weighted by Gasteiger charge is -2.04. The quantitative estimate of drug-likeness (QED) is 0.790. The molecule has 0 radical (unpaired) electrons. The molecular formula is C21H19N3O2. The molecule has 1 fully saturated rings. The van der Waals surface area contributed by atoms with Gasteiger partial charge in [0.25, 0.3) is 5.91 Å². The van der Waals surface area contributed by atoms with Crippen molar-refractivity contribution < 1.29 is 9.59 Å². The van der Waals surface area contributed by atoms with E-state index in [1.807, 2.05) is 18.2 Å². The third-order valence-corrected chi connectivity index (χ3v) is 4.04. The molecule has 0 aliphatic heterocycles. The Hall–Kier alpha value is -3.39. The Bertz CT molecular complexity index is 875. The highest BCUT2D eigenvalue weighted by molar-refractivity contribution is 5.95. The lowest BCUT2D eigenvalue weighted by molar-refractivity contribution is -0.116. The van der Waals surface area contributed by atoms with Crippen LogP contribution in [-0.4, -0.2) is 17.9 Å². The fourth-order valence-corrected chi connectivity index (χ4v) is 2.41. The molecular weight excluding hydrogens is 326 g/mol. The number of nitrogens with one attached hydrogen (secondary N) is 2. The first-order chi connectivity index (χ1) is 12.6. The zero-order valence-electron chi connectivity index (χ0n) is 14.2. The lowest BCUT2D eigenvalue weighted by Crippen LogP contribution is -2.25. The second kappa shape index (κ2) is 8.13. The number of carbonyl (C=O) groups excluding carboxylic acids is 2. The third-order valence-electron chi connectivity index (χ3n) is 4.04. The van der Waals surface area contributed by atoms with Gasteiger partial charge in [0.1, 0.15) is 0 Å². The molecule has 26 heavy (non-hydrogen) atoms. The Morgan fingerprint density at radius 3 is 2.62 bits per heavy atom. The summed E-state index contributed by atoms with van der Waals surface area (Å²) in [5, 5.41) is 14.6. The van der Waals surface area contributed by atoms with Gasteiger partial charge in [0.2, 0.25) is 5.91 Å². The van der Waals surface area contributed by atoms with Gasteiger partial charge in [-0.15, -0.1) is 0 Å². The molecule has 2 aromatic carbocycles. The molecule has 0 saturated heterocycles. The van der Waals surface area contributed by atoms with Crippen molar-refractivity contribution in [3.8, 4) is 6.07 Å². The van der Waals surface area contributed by atoms with Crippen molar-refractivity contribution in [1.29, 1.82) is 5.26 Å². The van der Waals surface area contributed by atoms with Gasteiger partial charge in [-0.25, -0.2) is 0 Å². The Balaban J connectivity index is 1.51. The van der Waals surface area contributed by atoms with Gasteiger partial charge in [0, 0.05) is 24.2 Å². The second-order valence-electron chi connectivity index (χ2n) is 6.23. The monoisotopic (exact) mass is 345 g/mol. The summed E-state index contributed by atoms with van der Waals surface area (Å²) in [5.41, 5.74) is 2.90. The van der Waals surface area contributed by atoms with Crippen LogP contribution >= 0.6 is 0 Å². The zero-order chi connectivity index (χ0) is 18.4. The first-order valence-corrected chi connectivity index (χ1v) is 8.50. The first-order valence-electron chi connectivity index (χ1n) is 8.50. The van der Waals surface area contributed by atoms with Crippen LogP contribution in [0.1, 0.15) is 39.9 Å². The van der Waals surface area contributed by atoms with E-state index in [9.17, 15) is 9.59 Å². The molecule has 2 N–H and O–H groups in total. The van der Waals surface area contributed by atoms with Crippen molar-refractivity contribution in [2.45, 2.75) is 25.4 Å². The summed E-state index contributed by atoms with van der Waals surface area (Å²) >= 11 is 0. The average molecular weight is 345 g/mol. The Kier molecular flexibility index (Phi) is 5.45. The van der Waals surface area contributed by atoms with Crippen LogP contribution in [0.4, 0.5) is 0 Å². The van der Waals surface area contributed by atoms with Gasteiger partial charge in [-0.1, -0.05) is 24.3 Å². The molecule has 0 atom stereocenters. The largest absolute Gasteiger partial charge is 0.349 e. The van der Waals surface area contributed by atoms with Crippen LogP contribution < -0.4 is 10.6 Å². The highest BCUT2D eigenvalue weighted by atomic mass is 16.2. The molecule has 1 aliphatic rings. The van der Waals surface area contributed by atoms with E-state index >= 15 is 0 Å². The maximum absolute atomic E-state index is 11.9. The second-order valence-corrected chi connectivity index (χ2v) is 6.23. The van der Waals surface area contributed by atoms with Crippen molar-refractivity contribution in [2.24, 2.45) is 0 Å². The van der Waals surface area contributed by atoms with Crippen molar-refractivity contribution in [2.75, 3.05) is 0 Å². The number of carbonyl (C=O) groups is 2. The van der Waals surface area contributed by atoms with Crippen LogP contribution in [0.15, 0.2) is 54.6 Å². The van der Waals surface area contributed by atoms with Crippen LogP contribution in [0.5, 0.6) is 0 Å². The predicted molar refractivity (Wildman–Crippen MR) is 99.0 cm³/mol. The van der Waals surface area contributed by atoms with Crippen LogP contribution in [0.25, 0.3) is 6.08 Å². The summed E-state index contributed by atoms with van der Waals surface area (Å²) in [5.74, 6) is -0.275. The van der Waals surface area contributed by atoms with Crippen molar-refractivity contribution in [3.05, 3.63) is 76.9 Å². The molecule has 0 heterocycles. The summed E-state index contributed by atoms with van der Waals surface area (Å²) in [6.45, 7) is 0.360. The molecule has 2 amide bonds. The smallest absolute Gasteiger partial charge is 0.251 e. The van der Waals surface area contributed by atoms with Crippen LogP contribution in [0.3, 0.4) is 0 Å². The minimum absolute atomic E-state index is 0.0552. The van der Waals surface area contributed by atoms with Gasteiger partial charge in [0.05, 0.1) is 11.6 Å². The number of nitrogens with zero attached hydrogens (tertiary/aromatic N) is 1. The van der Waals surface area contributed by atoms with Crippen molar-refractivity contribution >= 4 is 17.9 Å². The molecule has 130 valence electrons. The van der Waals surface area contributed by atoms with E-state index in [2.05, 4.69) is 16.7 Å². The van der Waals surface area contributed by atoms with E-state index in [4.69, 9.17) is 5.26 Å². The molecule has 0 aromatic heterocycles. The normalized spacial score (nSPS) is 13.2. The minimum atomic E-state index is -0.220. The maximum Gasteiger partial charge on any atom is 0.251 e. The fraction of sp³-hybridized carbons (Fsp3) is 0.190. The Morgan fingerprint density at radius 2 is 1.92 bits per heavy atom. The van der Waals surface area contributed by atoms with Crippen LogP contribution in [0.2, 0.25) is 0 Å². The number of benzene rings is 2. The number of hydrogen-bond donors (Lipinski definition) is 2. The molecule has 5 nitrogen and oxygen atoms in total. The highest BCUT2D eigenvalue weighted by Crippen LogP contribution is 2.19. The minimum Gasteiger partial charge on any atom is -0.349 e. The highest BCUT2D eigenvalue weighted by Gasteiger charge is 2.23. The zero-order valence-corrected chi connectivity index (χ0v) is 14.2. The lowest BCUT2D eigenvalue weighted by atomic mass is 10.1. The van der Waals surface area contributed by atoms with Gasteiger partial charge < -0.3 is 10.6 Å². The van der Waals surface area contributed by atoms with Crippen molar-refractivity contribution in [3.63, 3.8) is 0 Å².